The average molecular weight is 1740 g/mol. The van der Waals surface area contributed by atoms with Crippen LogP contribution >= 0.6 is 34.8 Å². The zero-order chi connectivity index (χ0) is 88.1. The molecule has 0 spiro atoms. The highest BCUT2D eigenvalue weighted by Gasteiger charge is 2.31. The predicted molar refractivity (Wildman–Crippen MR) is 506 cm³/mol. The minimum Gasteiger partial charge on any atom is -0.533 e. The van der Waals surface area contributed by atoms with Gasteiger partial charge in [-0.3, -0.25) is 4.98 Å². The van der Waals surface area contributed by atoms with E-state index in [9.17, 15) is 13.9 Å². The van der Waals surface area contributed by atoms with E-state index < -0.39 is 11.6 Å². The number of hydrogen-bond donors (Lipinski definition) is 3. The Morgan fingerprint density at radius 2 is 0.792 bits per heavy atom. The molecule has 18 rings (SSSR count). The number of halogens is 5. The second-order valence-corrected chi connectivity index (χ2v) is 35.4. The van der Waals surface area contributed by atoms with E-state index in [0.29, 0.717) is 58.6 Å². The predicted octanol–water partition coefficient (Wildman–Crippen LogP) is 24.3. The lowest BCUT2D eigenvalue weighted by atomic mass is 9.86. The van der Waals surface area contributed by atoms with E-state index in [1.54, 1.807) is 6.20 Å². The second kappa shape index (κ2) is 41.4. The Kier molecular flexibility index (Phi) is 29.9. The van der Waals surface area contributed by atoms with E-state index in [2.05, 4.69) is 202 Å². The van der Waals surface area contributed by atoms with Gasteiger partial charge in [0, 0.05) is 124 Å². The molecule has 19 nitrogen and oxygen atoms in total. The van der Waals surface area contributed by atoms with Gasteiger partial charge in [-0.1, -0.05) is 206 Å². The zero-order valence-electron chi connectivity index (χ0n) is 73.2. The summed E-state index contributed by atoms with van der Waals surface area (Å²) in [7, 11) is 0.304. The topological polar surface area (TPSA) is 225 Å². The van der Waals surface area contributed by atoms with Crippen molar-refractivity contribution in [3.05, 3.63) is 229 Å². The summed E-state index contributed by atoms with van der Waals surface area (Å²) < 4.78 is 31.8. The van der Waals surface area contributed by atoms with Crippen LogP contribution in [0.5, 0.6) is 17.2 Å². The number of aromatic nitrogens is 11. The highest BCUT2D eigenvalue weighted by molar-refractivity contribution is 6.33. The maximum Gasteiger partial charge on any atom is 0.569 e. The summed E-state index contributed by atoms with van der Waals surface area (Å²) in [5, 5.41) is 70.0. The van der Waals surface area contributed by atoms with Crippen LogP contribution in [-0.2, 0) is 6.42 Å². The van der Waals surface area contributed by atoms with Crippen molar-refractivity contribution < 1.29 is 28.7 Å². The van der Waals surface area contributed by atoms with Crippen LogP contribution in [0.25, 0.3) is 94.9 Å². The number of nitrogens with zero attached hydrogens (tertiary/aromatic N) is 15. The Bertz CT molecular complexity index is 5980. The Balaban J connectivity index is 0.000000131. The van der Waals surface area contributed by atoms with Gasteiger partial charge in [-0.2, -0.15) is 0 Å². The lowest BCUT2D eigenvalue weighted by Gasteiger charge is -2.32. The third-order valence-corrected chi connectivity index (χ3v) is 25.1. The Labute approximate surface area is 748 Å². The van der Waals surface area contributed by atoms with Gasteiger partial charge in [-0.15, -0.1) is 40.8 Å². The zero-order valence-corrected chi connectivity index (χ0v) is 75.5. The molecule has 4 saturated heterocycles. The summed E-state index contributed by atoms with van der Waals surface area (Å²) in [4.78, 5) is 23.7. The van der Waals surface area contributed by atoms with Crippen LogP contribution < -0.4 is 24.3 Å². The van der Waals surface area contributed by atoms with Crippen molar-refractivity contribution in [1.29, 1.82) is 0 Å². The fourth-order valence-corrected chi connectivity index (χ4v) is 18.0. The van der Waals surface area contributed by atoms with Crippen molar-refractivity contribution in [3.63, 3.8) is 0 Å². The third kappa shape index (κ3) is 20.4. The number of aromatic hydroxyl groups is 2. The number of para-hydroxylation sites is 1. The molecule has 1 aliphatic carbocycles. The summed E-state index contributed by atoms with van der Waals surface area (Å²) >= 11 is 19.4. The van der Waals surface area contributed by atoms with Crippen LogP contribution in [0.15, 0.2) is 163 Å². The summed E-state index contributed by atoms with van der Waals surface area (Å²) in [5.74, 6) is 3.42. The van der Waals surface area contributed by atoms with Gasteiger partial charge >= 0.3 is 7.69 Å². The van der Waals surface area contributed by atoms with Crippen LogP contribution in [0.2, 0.25) is 10.0 Å². The van der Waals surface area contributed by atoms with Crippen LogP contribution in [0, 0.1) is 31.4 Å². The van der Waals surface area contributed by atoms with E-state index >= 15 is 0 Å². The standard InChI is InChI=1S/C28H29FN4O.C23H28ClN3.C22H25ClN4.C21H23ClN4.C6H5BFO3/c1-17(2)19-10-5-6-11-20(19)26-22-16-21(25-23(29)12-9-13-24(25)34)18(3)30-27(22)28(32-31-26)33-14-7-4-8-15-33;1-15(2)17-9-5-6-10-18(17)22-19-14-21(24)16(3)13-20(19)23(26-25-22)27-11-7-4-8-12-27;1-14(2)16-9-5-6-10-17(16)20-18-13-19(23)15(3)24-21(18)22(26-25-20)27-11-7-4-8-12-27;1-14(2)16-8-4-5-9-17(16)19-18-12-15(22)13-23-20(18)21(25-24-19)26-10-6-3-7-11-26;8-4-2-1-3-5(9)6(4)11-7-10/h5-6,9-13,16-17,34H,4,7-8,14-15H2,1-3H3;5-6,9-10,14-16H,4,7-8,11-13H2,1-3H3;5-6,9-10,13-14H,4,7-8,11-12H2,1-3H3;4-5,8-9,12-14H,3,6-7,10-11H2,1-2H3;1-3,9-10H. The largest absolute Gasteiger partial charge is 0.569 e. The maximum absolute atomic E-state index is 14.9. The minimum absolute atomic E-state index is 0.105. The number of rotatable bonds is 15. The average Bonchev–Trinajstić information content (AvgIpc) is 0.294. The quantitative estimate of drug-likeness (QED) is 0.0811. The molecule has 647 valence electrons. The molecular weight excluding hydrogens is 1630 g/mol. The van der Waals surface area contributed by atoms with Gasteiger partial charge in [-0.25, -0.2) is 18.7 Å². The first-order valence-electron chi connectivity index (χ1n) is 44.0. The number of benzene rings is 6. The molecule has 13 aromatic rings. The Morgan fingerprint density at radius 1 is 0.416 bits per heavy atom. The molecule has 11 heterocycles. The van der Waals surface area contributed by atoms with Crippen LogP contribution in [0.1, 0.15) is 208 Å². The molecule has 6 aromatic carbocycles. The first kappa shape index (κ1) is 90.2. The molecule has 7 aromatic heterocycles. The van der Waals surface area contributed by atoms with Gasteiger partial charge in [0.2, 0.25) is 0 Å². The molecule has 1 radical (unpaired) electrons. The van der Waals surface area contributed by atoms with E-state index in [4.69, 9.17) is 70.2 Å². The third-order valence-electron chi connectivity index (χ3n) is 24.1. The van der Waals surface area contributed by atoms with Gasteiger partial charge in [-0.05, 0) is 198 Å². The number of pyridine rings is 3. The molecule has 4 fully saturated rings. The molecule has 0 amide bonds. The normalized spacial score (nSPS) is 15.3. The van der Waals surface area contributed by atoms with Gasteiger partial charge in [0.05, 0.1) is 21.3 Å². The first-order valence-corrected chi connectivity index (χ1v) is 45.2. The van der Waals surface area contributed by atoms with E-state index in [1.165, 1.54) is 133 Å². The molecule has 4 aliphatic heterocycles. The van der Waals surface area contributed by atoms with Gasteiger partial charge < -0.3 is 39.5 Å². The highest BCUT2D eigenvalue weighted by Crippen LogP contribution is 2.46. The molecule has 3 N–H and O–H groups in total. The van der Waals surface area contributed by atoms with Gasteiger partial charge in [0.15, 0.2) is 40.6 Å². The summed E-state index contributed by atoms with van der Waals surface area (Å²) in [5.41, 5.74) is 20.0. The van der Waals surface area contributed by atoms with Crippen LogP contribution in [0.3, 0.4) is 0 Å². The molecule has 5 aliphatic rings. The van der Waals surface area contributed by atoms with Crippen molar-refractivity contribution in [1.82, 2.24) is 55.7 Å². The lowest BCUT2D eigenvalue weighted by molar-refractivity contribution is 0.391. The van der Waals surface area contributed by atoms with Gasteiger partial charge in [0.1, 0.15) is 50.9 Å². The summed E-state index contributed by atoms with van der Waals surface area (Å²) in [6, 6.07) is 47.5. The number of piperidine rings is 4. The van der Waals surface area contributed by atoms with E-state index in [1.807, 2.05) is 50.2 Å². The van der Waals surface area contributed by atoms with Crippen LogP contribution in [-0.4, -0.2) is 131 Å². The fourth-order valence-electron chi connectivity index (χ4n) is 17.5. The second-order valence-electron chi connectivity index (χ2n) is 34.1. The Hall–Kier alpha value is -11.0. The van der Waals surface area contributed by atoms with Gasteiger partial charge in [0.25, 0.3) is 0 Å². The van der Waals surface area contributed by atoms with Crippen molar-refractivity contribution in [3.8, 4) is 73.4 Å². The number of allylic oxidation sites excluding steroid dienone is 1. The number of phenols is 2. The summed E-state index contributed by atoms with van der Waals surface area (Å²) in [6.07, 6.45) is 19.3. The lowest BCUT2D eigenvalue weighted by Crippen LogP contribution is -2.32. The molecule has 0 saturated carbocycles. The maximum atomic E-state index is 14.9. The minimum atomic E-state index is -0.727. The first-order chi connectivity index (χ1) is 60.5. The highest BCUT2D eigenvalue weighted by atomic mass is 35.5. The monoisotopic (exact) mass is 1740 g/mol. The van der Waals surface area contributed by atoms with E-state index in [0.717, 1.165) is 184 Å². The molecular formula is C100H110BCl3F2N15O4. The number of aryl methyl sites for hydroxylation is 2. The SMILES string of the molecule is CC(C)c1ccccc1-c1nnc(N2CCCCC2)c2ncc(Cl)cc12.CC1Cc2c(N3CCCCC3)nnc(-c3ccccc3C(C)C)c2C=C1Cl.Cc1nc2c(N3CCCCC3)nnc(-c3ccccc3C(C)C)c2cc1-c1c(O)cccc1F.Cc1nc2c(N3CCCCC3)nnc(-c3ccccc3C(C)C)c2cc1Cl.O[B]Oc1c(O)cccc1F. The number of anilines is 4. The molecule has 125 heavy (non-hydrogen) atoms. The summed E-state index contributed by atoms with van der Waals surface area (Å²) in [6.45, 7) is 31.6. The number of fused-ring (bicyclic) bond motifs is 4. The fraction of sp³-hybridized carbons (Fsp3) is 0.370. The molecule has 25 heteroatoms. The molecule has 1 atom stereocenters. The van der Waals surface area contributed by atoms with Crippen molar-refractivity contribution in [2.75, 3.05) is 72.0 Å². The molecule has 0 bridgehead atoms. The number of phenolic OH excluding ortho intramolecular Hbond substituents is 2. The smallest absolute Gasteiger partial charge is 0.533 e. The molecule has 1 unspecified atom stereocenters. The van der Waals surface area contributed by atoms with Crippen molar-refractivity contribution in [2.24, 2.45) is 5.92 Å². The number of hydrogen-bond acceptors (Lipinski definition) is 19. The van der Waals surface area contributed by atoms with Crippen molar-refractivity contribution >= 4 is 105 Å². The van der Waals surface area contributed by atoms with E-state index in [-0.39, 0.29) is 22.8 Å². The van der Waals surface area contributed by atoms with Crippen molar-refractivity contribution in [2.45, 2.75) is 183 Å². The van der Waals surface area contributed by atoms with Crippen LogP contribution in [0.4, 0.5) is 32.1 Å². The Morgan fingerprint density at radius 3 is 1.22 bits per heavy atom.